The largest absolute Gasteiger partial charge is 0.477 e. The highest BCUT2D eigenvalue weighted by Gasteiger charge is 2.17. The van der Waals surface area contributed by atoms with E-state index in [0.29, 0.717) is 6.04 Å². The second-order valence-electron chi connectivity index (χ2n) is 4.30. The molecular weight excluding hydrogens is 206 g/mol. The van der Waals surface area contributed by atoms with Gasteiger partial charge in [0.05, 0.1) is 5.69 Å². The molecule has 16 heavy (non-hydrogen) atoms. The maximum Gasteiger partial charge on any atom is 0.354 e. The fourth-order valence-corrected chi connectivity index (χ4v) is 2.18. The number of nitrogens with one attached hydrogen (secondary N) is 1. The molecule has 1 aromatic heterocycles. The van der Waals surface area contributed by atoms with Gasteiger partial charge in [-0.25, -0.2) is 4.79 Å². The molecule has 5 heteroatoms. The van der Waals surface area contributed by atoms with Crippen molar-refractivity contribution >= 4 is 5.97 Å². The minimum Gasteiger partial charge on any atom is -0.477 e. The summed E-state index contributed by atoms with van der Waals surface area (Å²) in [5.41, 5.74) is 1.12. The first-order chi connectivity index (χ1) is 7.66. The van der Waals surface area contributed by atoms with Crippen LogP contribution in [0.15, 0.2) is 6.07 Å². The van der Waals surface area contributed by atoms with Gasteiger partial charge in [0, 0.05) is 19.5 Å². The number of carboxylic acids is 1. The molecule has 1 aromatic rings. The number of rotatable bonds is 3. The second kappa shape index (κ2) is 4.65. The Kier molecular flexibility index (Phi) is 3.24. The van der Waals surface area contributed by atoms with E-state index in [4.69, 9.17) is 5.11 Å². The molecule has 2 heterocycles. The molecule has 88 valence electrons. The van der Waals surface area contributed by atoms with E-state index in [1.54, 1.807) is 13.1 Å². The third kappa shape index (κ3) is 2.41. The first-order valence-corrected chi connectivity index (χ1v) is 5.66. The van der Waals surface area contributed by atoms with Gasteiger partial charge in [0.15, 0.2) is 0 Å². The van der Waals surface area contributed by atoms with Crippen molar-refractivity contribution in [2.75, 3.05) is 6.54 Å². The third-order valence-electron chi connectivity index (χ3n) is 3.02. The van der Waals surface area contributed by atoms with E-state index in [-0.39, 0.29) is 5.69 Å². The van der Waals surface area contributed by atoms with Gasteiger partial charge in [-0.2, -0.15) is 5.10 Å². The van der Waals surface area contributed by atoms with E-state index < -0.39 is 5.97 Å². The van der Waals surface area contributed by atoms with Crippen molar-refractivity contribution in [3.63, 3.8) is 0 Å². The number of nitrogens with zero attached hydrogens (tertiary/aromatic N) is 2. The molecule has 1 fully saturated rings. The summed E-state index contributed by atoms with van der Waals surface area (Å²) >= 11 is 0. The summed E-state index contributed by atoms with van der Waals surface area (Å²) in [6.07, 6.45) is 4.45. The van der Waals surface area contributed by atoms with Crippen LogP contribution in [0.5, 0.6) is 0 Å². The molecule has 1 atom stereocenters. The molecule has 0 radical (unpaired) electrons. The lowest BCUT2D eigenvalue weighted by molar-refractivity contribution is 0.0685. The number of carboxylic acid groups (broad SMARTS) is 1. The third-order valence-corrected chi connectivity index (χ3v) is 3.02. The standard InChI is InChI=1S/C11H17N3O2/c1-14-10(11(15)16)7-9(13-14)6-8-4-2-3-5-12-8/h7-8,12H,2-6H2,1H3,(H,15,16). The van der Waals surface area contributed by atoms with Crippen molar-refractivity contribution in [3.05, 3.63) is 17.5 Å². The highest BCUT2D eigenvalue weighted by atomic mass is 16.4. The van der Waals surface area contributed by atoms with Crippen molar-refractivity contribution in [1.82, 2.24) is 15.1 Å². The topological polar surface area (TPSA) is 67.2 Å². The molecule has 1 saturated heterocycles. The summed E-state index contributed by atoms with van der Waals surface area (Å²) in [7, 11) is 1.67. The lowest BCUT2D eigenvalue weighted by Gasteiger charge is -2.22. The molecule has 2 rings (SSSR count). The van der Waals surface area contributed by atoms with Crippen LogP contribution in [-0.4, -0.2) is 33.4 Å². The summed E-state index contributed by atoms with van der Waals surface area (Å²) in [4.78, 5) is 10.9. The summed E-state index contributed by atoms with van der Waals surface area (Å²) in [6, 6.07) is 2.11. The highest BCUT2D eigenvalue weighted by molar-refractivity contribution is 5.85. The molecule has 0 spiro atoms. The van der Waals surface area contributed by atoms with Crippen molar-refractivity contribution in [3.8, 4) is 0 Å². The first kappa shape index (κ1) is 11.1. The van der Waals surface area contributed by atoms with E-state index in [1.807, 2.05) is 0 Å². The highest BCUT2D eigenvalue weighted by Crippen LogP contribution is 2.12. The molecule has 1 aliphatic rings. The predicted molar refractivity (Wildman–Crippen MR) is 59.5 cm³/mol. The minimum absolute atomic E-state index is 0.255. The van der Waals surface area contributed by atoms with Crippen LogP contribution in [0, 0.1) is 0 Å². The van der Waals surface area contributed by atoms with Crippen molar-refractivity contribution in [2.45, 2.75) is 31.7 Å². The van der Waals surface area contributed by atoms with Crippen LogP contribution in [0.25, 0.3) is 0 Å². The normalized spacial score (nSPS) is 20.9. The Balaban J connectivity index is 2.03. The van der Waals surface area contributed by atoms with Crippen molar-refractivity contribution in [2.24, 2.45) is 7.05 Å². The lowest BCUT2D eigenvalue weighted by atomic mass is 10.0. The van der Waals surface area contributed by atoms with Crippen LogP contribution < -0.4 is 5.32 Å². The molecule has 5 nitrogen and oxygen atoms in total. The van der Waals surface area contributed by atoms with Crippen LogP contribution in [0.2, 0.25) is 0 Å². The molecule has 0 saturated carbocycles. The van der Waals surface area contributed by atoms with Gasteiger partial charge in [-0.05, 0) is 25.5 Å². The lowest BCUT2D eigenvalue weighted by Crippen LogP contribution is -2.35. The van der Waals surface area contributed by atoms with Gasteiger partial charge in [0.2, 0.25) is 0 Å². The number of piperidine rings is 1. The fraction of sp³-hybridized carbons (Fsp3) is 0.636. The van der Waals surface area contributed by atoms with E-state index in [1.165, 1.54) is 17.5 Å². The van der Waals surface area contributed by atoms with Gasteiger partial charge in [0.1, 0.15) is 5.69 Å². The average Bonchev–Trinajstić information content (AvgIpc) is 2.61. The number of carbonyl (C=O) groups is 1. The summed E-state index contributed by atoms with van der Waals surface area (Å²) < 4.78 is 1.43. The van der Waals surface area contributed by atoms with Gasteiger partial charge in [0.25, 0.3) is 0 Å². The van der Waals surface area contributed by atoms with Gasteiger partial charge in [-0.3, -0.25) is 4.68 Å². The quantitative estimate of drug-likeness (QED) is 0.795. The minimum atomic E-state index is -0.919. The molecule has 0 amide bonds. The summed E-state index contributed by atoms with van der Waals surface area (Å²) in [6.45, 7) is 1.06. The maximum absolute atomic E-state index is 10.9. The predicted octanol–water partition coefficient (Wildman–Crippen LogP) is 0.803. The number of aromatic carboxylic acids is 1. The zero-order chi connectivity index (χ0) is 11.5. The molecule has 1 aliphatic heterocycles. The van der Waals surface area contributed by atoms with Gasteiger partial charge in [-0.1, -0.05) is 6.42 Å². The summed E-state index contributed by atoms with van der Waals surface area (Å²) in [5, 5.41) is 16.6. The molecule has 0 aliphatic carbocycles. The number of hydrogen-bond donors (Lipinski definition) is 2. The monoisotopic (exact) mass is 223 g/mol. The second-order valence-corrected chi connectivity index (χ2v) is 4.30. The first-order valence-electron chi connectivity index (χ1n) is 5.66. The maximum atomic E-state index is 10.9. The van der Waals surface area contributed by atoms with Gasteiger partial charge in [-0.15, -0.1) is 0 Å². The molecule has 0 bridgehead atoms. The Morgan fingerprint density at radius 2 is 2.50 bits per heavy atom. The Morgan fingerprint density at radius 3 is 3.06 bits per heavy atom. The number of hydrogen-bond acceptors (Lipinski definition) is 3. The van der Waals surface area contributed by atoms with Gasteiger partial charge >= 0.3 is 5.97 Å². The summed E-state index contributed by atoms with van der Waals surface area (Å²) in [5.74, 6) is -0.919. The average molecular weight is 223 g/mol. The van der Waals surface area contributed by atoms with E-state index in [9.17, 15) is 4.79 Å². The zero-order valence-electron chi connectivity index (χ0n) is 9.44. The molecule has 2 N–H and O–H groups in total. The Morgan fingerprint density at radius 1 is 1.69 bits per heavy atom. The van der Waals surface area contributed by atoms with Crippen molar-refractivity contribution < 1.29 is 9.90 Å². The van der Waals surface area contributed by atoms with Crippen molar-refractivity contribution in [1.29, 1.82) is 0 Å². The van der Waals surface area contributed by atoms with Gasteiger partial charge < -0.3 is 10.4 Å². The Bertz CT molecular complexity index is 381. The SMILES string of the molecule is Cn1nc(CC2CCCCN2)cc1C(=O)O. The Labute approximate surface area is 94.5 Å². The molecule has 0 aromatic carbocycles. The van der Waals surface area contributed by atoms with Crippen LogP contribution in [0.4, 0.5) is 0 Å². The molecular formula is C11H17N3O2. The van der Waals surface area contributed by atoms with E-state index in [0.717, 1.165) is 25.1 Å². The van der Waals surface area contributed by atoms with Crippen LogP contribution >= 0.6 is 0 Å². The Hall–Kier alpha value is -1.36. The molecule has 1 unspecified atom stereocenters. The number of aryl methyl sites for hydroxylation is 1. The van der Waals surface area contributed by atoms with E-state index in [2.05, 4.69) is 10.4 Å². The smallest absolute Gasteiger partial charge is 0.354 e. The van der Waals surface area contributed by atoms with E-state index >= 15 is 0 Å². The number of aromatic nitrogens is 2. The zero-order valence-corrected chi connectivity index (χ0v) is 9.44. The van der Waals surface area contributed by atoms with Crippen LogP contribution in [0.1, 0.15) is 35.4 Å². The van der Waals surface area contributed by atoms with Crippen LogP contribution in [-0.2, 0) is 13.5 Å². The van der Waals surface area contributed by atoms with Crippen LogP contribution in [0.3, 0.4) is 0 Å². The fourth-order valence-electron chi connectivity index (χ4n) is 2.18.